The molecule has 4 nitrogen and oxygen atoms in total. The molecular weight excluding hydrogens is 259 g/mol. The Morgan fingerprint density at radius 3 is 2.85 bits per heavy atom. The average Bonchev–Trinajstić information content (AvgIpc) is 2.42. The molecular formula is C15H23FN2O2. The lowest BCUT2D eigenvalue weighted by molar-refractivity contribution is -0.121. The van der Waals surface area contributed by atoms with E-state index >= 15 is 0 Å². The first-order chi connectivity index (χ1) is 9.63. The number of nitrogens with one attached hydrogen (secondary N) is 2. The van der Waals surface area contributed by atoms with Gasteiger partial charge in [0.05, 0.1) is 6.61 Å². The van der Waals surface area contributed by atoms with Gasteiger partial charge in [0.1, 0.15) is 5.82 Å². The standard InChI is InChI=1S/C15H23FN2O2/c1-12(13-4-3-5-14(16)11-13)10-15(19)18-7-6-17-8-9-20-2/h3-5,11-12,17H,6-10H2,1-2H3,(H,18,19). The highest BCUT2D eigenvalue weighted by molar-refractivity contribution is 5.76. The third-order valence-corrected chi connectivity index (χ3v) is 3.02. The molecule has 0 radical (unpaired) electrons. The number of ether oxygens (including phenoxy) is 1. The molecule has 0 aromatic heterocycles. The van der Waals surface area contributed by atoms with E-state index in [9.17, 15) is 9.18 Å². The zero-order valence-electron chi connectivity index (χ0n) is 12.1. The zero-order chi connectivity index (χ0) is 14.8. The molecule has 20 heavy (non-hydrogen) atoms. The number of rotatable bonds is 9. The van der Waals surface area contributed by atoms with Crippen LogP contribution in [-0.4, -0.2) is 39.3 Å². The summed E-state index contributed by atoms with van der Waals surface area (Å²) in [6, 6.07) is 6.39. The Hall–Kier alpha value is -1.46. The molecule has 1 rings (SSSR count). The Morgan fingerprint density at radius 1 is 1.35 bits per heavy atom. The summed E-state index contributed by atoms with van der Waals surface area (Å²) in [7, 11) is 1.65. The van der Waals surface area contributed by atoms with Gasteiger partial charge in [0.15, 0.2) is 0 Å². The van der Waals surface area contributed by atoms with Crippen molar-refractivity contribution in [3.8, 4) is 0 Å². The molecule has 0 heterocycles. The lowest BCUT2D eigenvalue weighted by Crippen LogP contribution is -2.33. The molecule has 0 aliphatic heterocycles. The van der Waals surface area contributed by atoms with E-state index in [0.717, 1.165) is 12.1 Å². The molecule has 0 aliphatic rings. The summed E-state index contributed by atoms with van der Waals surface area (Å²) in [5.74, 6) is -0.278. The number of amides is 1. The lowest BCUT2D eigenvalue weighted by Gasteiger charge is -2.12. The van der Waals surface area contributed by atoms with Gasteiger partial charge in [0.2, 0.25) is 5.91 Å². The average molecular weight is 282 g/mol. The number of benzene rings is 1. The highest BCUT2D eigenvalue weighted by Gasteiger charge is 2.11. The van der Waals surface area contributed by atoms with Crippen molar-refractivity contribution < 1.29 is 13.9 Å². The molecule has 0 aliphatic carbocycles. The van der Waals surface area contributed by atoms with Crippen LogP contribution in [0.2, 0.25) is 0 Å². The van der Waals surface area contributed by atoms with Crippen LogP contribution in [-0.2, 0) is 9.53 Å². The van der Waals surface area contributed by atoms with Gasteiger partial charge in [-0.1, -0.05) is 19.1 Å². The first-order valence-corrected chi connectivity index (χ1v) is 6.85. The van der Waals surface area contributed by atoms with E-state index in [1.165, 1.54) is 12.1 Å². The fraction of sp³-hybridized carbons (Fsp3) is 0.533. The molecule has 0 spiro atoms. The Labute approximate surface area is 119 Å². The molecule has 0 saturated carbocycles. The molecule has 0 saturated heterocycles. The number of carbonyl (C=O) groups is 1. The van der Waals surface area contributed by atoms with Gasteiger partial charge in [-0.05, 0) is 23.6 Å². The van der Waals surface area contributed by atoms with Crippen LogP contribution >= 0.6 is 0 Å². The third kappa shape index (κ3) is 6.63. The minimum atomic E-state index is -0.267. The summed E-state index contributed by atoms with van der Waals surface area (Å²) >= 11 is 0. The quantitative estimate of drug-likeness (QED) is 0.677. The smallest absolute Gasteiger partial charge is 0.220 e. The molecule has 5 heteroatoms. The topological polar surface area (TPSA) is 50.4 Å². The molecule has 1 amide bonds. The second-order valence-electron chi connectivity index (χ2n) is 4.75. The van der Waals surface area contributed by atoms with E-state index in [1.54, 1.807) is 13.2 Å². The second kappa shape index (κ2) is 9.44. The van der Waals surface area contributed by atoms with Crippen molar-refractivity contribution in [2.45, 2.75) is 19.3 Å². The van der Waals surface area contributed by atoms with Crippen LogP contribution in [0.15, 0.2) is 24.3 Å². The second-order valence-corrected chi connectivity index (χ2v) is 4.75. The number of methoxy groups -OCH3 is 1. The van der Waals surface area contributed by atoms with Crippen molar-refractivity contribution in [1.29, 1.82) is 0 Å². The summed E-state index contributed by atoms with van der Waals surface area (Å²) in [6.07, 6.45) is 0.363. The molecule has 112 valence electrons. The number of hydrogen-bond donors (Lipinski definition) is 2. The summed E-state index contributed by atoms with van der Waals surface area (Å²) in [6.45, 7) is 4.64. The molecule has 1 unspecified atom stereocenters. The van der Waals surface area contributed by atoms with Crippen LogP contribution in [0, 0.1) is 5.82 Å². The molecule has 0 fully saturated rings. The first kappa shape index (κ1) is 16.6. The van der Waals surface area contributed by atoms with Crippen LogP contribution < -0.4 is 10.6 Å². The maximum absolute atomic E-state index is 13.1. The summed E-state index contributed by atoms with van der Waals surface area (Å²) < 4.78 is 18.0. The molecule has 1 atom stereocenters. The van der Waals surface area contributed by atoms with Gasteiger partial charge in [-0.15, -0.1) is 0 Å². The van der Waals surface area contributed by atoms with E-state index in [2.05, 4.69) is 10.6 Å². The predicted octanol–water partition coefficient (Wildman–Crippen LogP) is 1.67. The third-order valence-electron chi connectivity index (χ3n) is 3.02. The van der Waals surface area contributed by atoms with Crippen LogP contribution in [0.1, 0.15) is 24.8 Å². The summed E-state index contributed by atoms with van der Waals surface area (Å²) in [4.78, 5) is 11.7. The van der Waals surface area contributed by atoms with Crippen LogP contribution in [0.25, 0.3) is 0 Å². The normalized spacial score (nSPS) is 12.2. The SMILES string of the molecule is COCCNCCNC(=O)CC(C)c1cccc(F)c1. The zero-order valence-corrected chi connectivity index (χ0v) is 12.1. The van der Waals surface area contributed by atoms with Gasteiger partial charge in [-0.2, -0.15) is 0 Å². The van der Waals surface area contributed by atoms with Crippen molar-refractivity contribution in [2.24, 2.45) is 0 Å². The van der Waals surface area contributed by atoms with E-state index in [-0.39, 0.29) is 17.6 Å². The highest BCUT2D eigenvalue weighted by atomic mass is 19.1. The largest absolute Gasteiger partial charge is 0.383 e. The minimum absolute atomic E-state index is 0.00662. The van der Waals surface area contributed by atoms with Crippen LogP contribution in [0.4, 0.5) is 4.39 Å². The maximum atomic E-state index is 13.1. The highest BCUT2D eigenvalue weighted by Crippen LogP contribution is 2.19. The van der Waals surface area contributed by atoms with Gasteiger partial charge in [0, 0.05) is 33.2 Å². The Bertz CT molecular complexity index is 413. The van der Waals surface area contributed by atoms with Crippen molar-refractivity contribution in [2.75, 3.05) is 33.4 Å². The summed E-state index contributed by atoms with van der Waals surface area (Å²) in [5.41, 5.74) is 0.846. The van der Waals surface area contributed by atoms with Crippen LogP contribution in [0.3, 0.4) is 0 Å². The first-order valence-electron chi connectivity index (χ1n) is 6.85. The van der Waals surface area contributed by atoms with Gasteiger partial charge < -0.3 is 15.4 Å². The van der Waals surface area contributed by atoms with Crippen molar-refractivity contribution in [3.63, 3.8) is 0 Å². The number of carbonyl (C=O) groups excluding carboxylic acids is 1. The Balaban J connectivity index is 2.21. The van der Waals surface area contributed by atoms with Gasteiger partial charge in [0.25, 0.3) is 0 Å². The fourth-order valence-corrected chi connectivity index (χ4v) is 1.87. The van der Waals surface area contributed by atoms with Crippen LogP contribution in [0.5, 0.6) is 0 Å². The fourth-order valence-electron chi connectivity index (χ4n) is 1.87. The molecule has 2 N–H and O–H groups in total. The maximum Gasteiger partial charge on any atom is 0.220 e. The predicted molar refractivity (Wildman–Crippen MR) is 77.2 cm³/mol. The Kier molecular flexibility index (Phi) is 7.84. The van der Waals surface area contributed by atoms with Gasteiger partial charge in [-0.25, -0.2) is 4.39 Å². The monoisotopic (exact) mass is 282 g/mol. The van der Waals surface area contributed by atoms with E-state index in [4.69, 9.17) is 4.74 Å². The van der Waals surface area contributed by atoms with Gasteiger partial charge in [-0.3, -0.25) is 4.79 Å². The van der Waals surface area contributed by atoms with Crippen molar-refractivity contribution >= 4 is 5.91 Å². The van der Waals surface area contributed by atoms with Crippen molar-refractivity contribution in [1.82, 2.24) is 10.6 Å². The lowest BCUT2D eigenvalue weighted by atomic mass is 9.97. The van der Waals surface area contributed by atoms with Crippen molar-refractivity contribution in [3.05, 3.63) is 35.6 Å². The minimum Gasteiger partial charge on any atom is -0.383 e. The molecule has 1 aromatic carbocycles. The van der Waals surface area contributed by atoms with Gasteiger partial charge >= 0.3 is 0 Å². The number of halogens is 1. The molecule has 0 bridgehead atoms. The van der Waals surface area contributed by atoms with E-state index in [1.807, 2.05) is 13.0 Å². The summed E-state index contributed by atoms with van der Waals surface area (Å²) in [5, 5.41) is 5.98. The van der Waals surface area contributed by atoms with E-state index < -0.39 is 0 Å². The number of hydrogen-bond acceptors (Lipinski definition) is 3. The Morgan fingerprint density at radius 2 is 2.15 bits per heavy atom. The molecule has 1 aromatic rings. The van der Waals surface area contributed by atoms with E-state index in [0.29, 0.717) is 26.1 Å².